The van der Waals surface area contributed by atoms with Gasteiger partial charge >= 0.3 is 0 Å². The Morgan fingerprint density at radius 3 is 2.58 bits per heavy atom. The van der Waals surface area contributed by atoms with E-state index in [1.165, 1.54) is 5.56 Å². The number of hydrogen-bond acceptors (Lipinski definition) is 2. The average molecular weight is 313 g/mol. The van der Waals surface area contributed by atoms with Crippen molar-refractivity contribution in [1.82, 2.24) is 9.97 Å². The molecule has 0 saturated carbocycles. The molecule has 116 valence electrons. The van der Waals surface area contributed by atoms with Gasteiger partial charge in [-0.05, 0) is 36.4 Å². The maximum absolute atomic E-state index is 4.64. The summed E-state index contributed by atoms with van der Waals surface area (Å²) in [6.45, 7) is 2.18. The minimum absolute atomic E-state index is 0.468. The largest absolute Gasteiger partial charge is 0.339 e. The van der Waals surface area contributed by atoms with Gasteiger partial charge in [-0.15, -0.1) is 0 Å². The minimum atomic E-state index is -0.468. The number of benzene rings is 2. The first-order valence-electron chi connectivity index (χ1n) is 8.10. The summed E-state index contributed by atoms with van der Waals surface area (Å²) in [4.78, 5) is 8.23. The maximum atomic E-state index is 4.64. The number of para-hydroxylation sites is 3. The van der Waals surface area contributed by atoms with Crippen molar-refractivity contribution in [1.29, 1.82) is 0 Å². The molecule has 0 spiro atoms. The maximum Gasteiger partial charge on any atom is 0.292 e. The van der Waals surface area contributed by atoms with Crippen LogP contribution in [0.4, 0.5) is 5.69 Å². The highest BCUT2D eigenvalue weighted by Gasteiger charge is 2.44. The van der Waals surface area contributed by atoms with Crippen molar-refractivity contribution in [2.75, 3.05) is 5.32 Å². The summed E-state index contributed by atoms with van der Waals surface area (Å²) >= 11 is 0. The Hall–Kier alpha value is -3.14. The number of aromatic nitrogens is 3. The lowest BCUT2D eigenvalue weighted by atomic mass is 10.00. The second kappa shape index (κ2) is 4.68. The molecule has 2 aromatic heterocycles. The van der Waals surface area contributed by atoms with Crippen LogP contribution in [0, 0.1) is 0 Å². The van der Waals surface area contributed by atoms with E-state index in [1.807, 2.05) is 18.3 Å². The predicted molar refractivity (Wildman–Crippen MR) is 94.5 cm³/mol. The van der Waals surface area contributed by atoms with E-state index in [0.29, 0.717) is 0 Å². The first kappa shape index (κ1) is 13.3. The molecule has 0 bridgehead atoms. The van der Waals surface area contributed by atoms with Crippen molar-refractivity contribution >= 4 is 16.7 Å². The standard InChI is InChI=1S/C20H16N4/c1-20(18-12-6-7-13-21-18)23-15-9-3-2-8-14(15)19-22-16-10-4-5-11-17(16)24(19)20/h2-13H,1H3,(H,22,23)/p+1. The molecule has 5 rings (SSSR count). The molecular formula is C20H17N4+. The van der Waals surface area contributed by atoms with Crippen molar-refractivity contribution < 1.29 is 4.57 Å². The number of nitrogens with one attached hydrogen (secondary N) is 2. The van der Waals surface area contributed by atoms with Crippen LogP contribution in [-0.2, 0) is 5.66 Å². The fourth-order valence-corrected chi connectivity index (χ4v) is 3.68. The van der Waals surface area contributed by atoms with E-state index in [4.69, 9.17) is 0 Å². The average Bonchev–Trinajstić information content (AvgIpc) is 3.03. The van der Waals surface area contributed by atoms with E-state index in [1.54, 1.807) is 0 Å². The van der Waals surface area contributed by atoms with Crippen molar-refractivity contribution in [2.24, 2.45) is 0 Å². The van der Waals surface area contributed by atoms with Crippen LogP contribution in [0.3, 0.4) is 0 Å². The summed E-state index contributed by atoms with van der Waals surface area (Å²) in [5, 5.41) is 3.70. The number of H-pyrrole nitrogens is 1. The molecule has 1 unspecified atom stereocenters. The lowest BCUT2D eigenvalue weighted by molar-refractivity contribution is -0.712. The van der Waals surface area contributed by atoms with Crippen LogP contribution in [0.2, 0.25) is 0 Å². The molecular weight excluding hydrogens is 296 g/mol. The van der Waals surface area contributed by atoms with E-state index < -0.39 is 5.66 Å². The zero-order valence-electron chi connectivity index (χ0n) is 13.3. The van der Waals surface area contributed by atoms with Gasteiger partial charge in [0.05, 0.1) is 11.3 Å². The lowest BCUT2D eigenvalue weighted by Gasteiger charge is -2.33. The first-order chi connectivity index (χ1) is 11.8. The molecule has 2 aromatic carbocycles. The third-order valence-electron chi connectivity index (χ3n) is 4.79. The third kappa shape index (κ3) is 1.68. The molecule has 0 saturated heterocycles. The normalized spacial score (nSPS) is 18.7. The van der Waals surface area contributed by atoms with E-state index >= 15 is 0 Å². The Balaban J connectivity index is 1.91. The predicted octanol–water partition coefficient (Wildman–Crippen LogP) is 3.66. The summed E-state index contributed by atoms with van der Waals surface area (Å²) in [6, 6.07) is 22.8. The summed E-state index contributed by atoms with van der Waals surface area (Å²) in [7, 11) is 0. The molecule has 0 amide bonds. The van der Waals surface area contributed by atoms with Crippen LogP contribution in [-0.4, -0.2) is 9.97 Å². The van der Waals surface area contributed by atoms with Crippen LogP contribution < -0.4 is 9.88 Å². The molecule has 0 fully saturated rings. The number of pyridine rings is 1. The summed E-state index contributed by atoms with van der Waals surface area (Å²) in [5.41, 5.74) is 5.07. The van der Waals surface area contributed by atoms with Crippen molar-refractivity contribution in [2.45, 2.75) is 12.6 Å². The Labute approximate surface area is 139 Å². The second-order valence-electron chi connectivity index (χ2n) is 6.28. The second-order valence-corrected chi connectivity index (χ2v) is 6.28. The molecule has 1 atom stereocenters. The van der Waals surface area contributed by atoms with Gasteiger partial charge in [-0.3, -0.25) is 4.98 Å². The number of nitrogens with zero attached hydrogens (tertiary/aromatic N) is 2. The minimum Gasteiger partial charge on any atom is -0.339 e. The smallest absolute Gasteiger partial charge is 0.292 e. The summed E-state index contributed by atoms with van der Waals surface area (Å²) in [5.74, 6) is 1.10. The van der Waals surface area contributed by atoms with Gasteiger partial charge in [0.15, 0.2) is 11.0 Å². The molecule has 1 aliphatic rings. The molecule has 2 N–H and O–H groups in total. The highest BCUT2D eigenvalue weighted by molar-refractivity contribution is 5.81. The molecule has 1 aliphatic heterocycles. The lowest BCUT2D eigenvalue weighted by Crippen LogP contribution is -2.62. The summed E-state index contributed by atoms with van der Waals surface area (Å²) < 4.78 is 2.31. The number of imidazole rings is 1. The Kier molecular flexibility index (Phi) is 2.59. The van der Waals surface area contributed by atoms with Crippen LogP contribution >= 0.6 is 0 Å². The molecule has 4 nitrogen and oxygen atoms in total. The van der Waals surface area contributed by atoms with Crippen molar-refractivity contribution in [3.8, 4) is 11.4 Å². The molecule has 24 heavy (non-hydrogen) atoms. The van der Waals surface area contributed by atoms with Gasteiger partial charge in [-0.2, -0.15) is 4.57 Å². The molecule has 4 heteroatoms. The van der Waals surface area contributed by atoms with Crippen LogP contribution in [0.15, 0.2) is 72.9 Å². The molecule has 0 radical (unpaired) electrons. The molecule has 3 heterocycles. The first-order valence-corrected chi connectivity index (χ1v) is 8.10. The van der Waals surface area contributed by atoms with Crippen molar-refractivity contribution in [3.63, 3.8) is 0 Å². The third-order valence-corrected chi connectivity index (χ3v) is 4.79. The number of anilines is 1. The number of rotatable bonds is 1. The van der Waals surface area contributed by atoms with Crippen molar-refractivity contribution in [3.05, 3.63) is 78.6 Å². The topological polar surface area (TPSA) is 44.6 Å². The zero-order valence-corrected chi connectivity index (χ0v) is 13.3. The van der Waals surface area contributed by atoms with Gasteiger partial charge in [0.2, 0.25) is 5.66 Å². The zero-order chi connectivity index (χ0) is 16.1. The van der Waals surface area contributed by atoms with Crippen LogP contribution in [0.25, 0.3) is 22.4 Å². The SMILES string of the molecule is CC1(c2ccccn2)Nc2ccccc2-c2[nH]c3ccccc3[n+]21. The fraction of sp³-hybridized carbons (Fsp3) is 0.100. The van der Waals surface area contributed by atoms with Gasteiger partial charge in [0.25, 0.3) is 5.82 Å². The van der Waals surface area contributed by atoms with E-state index in [-0.39, 0.29) is 0 Å². The van der Waals surface area contributed by atoms with Gasteiger partial charge in [-0.25, -0.2) is 4.98 Å². The number of hydrogen-bond donors (Lipinski definition) is 2. The summed E-state index contributed by atoms with van der Waals surface area (Å²) in [6.07, 6.45) is 1.85. The monoisotopic (exact) mass is 313 g/mol. The fourth-order valence-electron chi connectivity index (χ4n) is 3.68. The van der Waals surface area contributed by atoms with E-state index in [9.17, 15) is 0 Å². The highest BCUT2D eigenvalue weighted by Crippen LogP contribution is 2.36. The van der Waals surface area contributed by atoms with Crippen LogP contribution in [0.5, 0.6) is 0 Å². The van der Waals surface area contributed by atoms with Gasteiger partial charge in [0, 0.05) is 13.1 Å². The highest BCUT2D eigenvalue weighted by atomic mass is 15.3. The Morgan fingerprint density at radius 1 is 0.917 bits per heavy atom. The molecule has 0 aliphatic carbocycles. The van der Waals surface area contributed by atoms with E-state index in [2.05, 4.69) is 81.4 Å². The Bertz CT molecular complexity index is 1050. The van der Waals surface area contributed by atoms with E-state index in [0.717, 1.165) is 28.2 Å². The number of fused-ring (bicyclic) bond motifs is 5. The van der Waals surface area contributed by atoms with Crippen LogP contribution in [0.1, 0.15) is 12.6 Å². The quantitative estimate of drug-likeness (QED) is 0.527. The number of aromatic amines is 1. The Morgan fingerprint density at radius 2 is 1.71 bits per heavy atom. The van der Waals surface area contributed by atoms with Gasteiger partial charge < -0.3 is 5.32 Å². The molecule has 4 aromatic rings. The van der Waals surface area contributed by atoms with Gasteiger partial charge in [0.1, 0.15) is 5.69 Å². The van der Waals surface area contributed by atoms with Gasteiger partial charge in [-0.1, -0.05) is 30.3 Å².